The second kappa shape index (κ2) is 8.77. The molecule has 37 heavy (non-hydrogen) atoms. The van der Waals surface area contributed by atoms with Crippen molar-refractivity contribution >= 4 is 39.7 Å². The summed E-state index contributed by atoms with van der Waals surface area (Å²) in [5.74, 6) is 0.796. The Hall–Kier alpha value is -4.66. The molecule has 0 radical (unpaired) electrons. The molecule has 5 aromatic rings. The summed E-state index contributed by atoms with van der Waals surface area (Å²) in [7, 11) is 0. The zero-order valence-electron chi connectivity index (χ0n) is 20.8. The smallest absolute Gasteiger partial charge is 0.229 e. The van der Waals surface area contributed by atoms with Gasteiger partial charge in [0.05, 0.1) is 34.6 Å². The number of nitrogens with zero attached hydrogens (tertiary/aromatic N) is 5. The van der Waals surface area contributed by atoms with Gasteiger partial charge in [-0.3, -0.25) is 24.9 Å². The molecule has 1 atom stereocenters. The van der Waals surface area contributed by atoms with Crippen molar-refractivity contribution in [3.05, 3.63) is 66.9 Å². The Labute approximate surface area is 213 Å². The van der Waals surface area contributed by atoms with E-state index in [1.165, 1.54) is 0 Å². The molecule has 5 heterocycles. The van der Waals surface area contributed by atoms with Gasteiger partial charge in [-0.1, -0.05) is 32.9 Å². The fourth-order valence-corrected chi connectivity index (χ4v) is 4.39. The Bertz CT molecular complexity index is 1700. The molecule has 6 rings (SSSR count). The number of allylic oxidation sites excluding steroid dienone is 1. The first-order valence-corrected chi connectivity index (χ1v) is 12.1. The lowest BCUT2D eigenvalue weighted by molar-refractivity contribution is -0.123. The summed E-state index contributed by atoms with van der Waals surface area (Å²) in [6.07, 6.45) is 13.7. The van der Waals surface area contributed by atoms with Crippen molar-refractivity contribution < 1.29 is 4.79 Å². The molecule has 9 heteroatoms. The number of hydrogen-bond acceptors (Lipinski definition) is 6. The Balaban J connectivity index is 1.38. The van der Waals surface area contributed by atoms with Crippen molar-refractivity contribution in [1.82, 2.24) is 30.1 Å². The molecule has 1 aromatic carbocycles. The van der Waals surface area contributed by atoms with Crippen LogP contribution < -0.4 is 5.32 Å². The van der Waals surface area contributed by atoms with Crippen LogP contribution in [0.1, 0.15) is 38.7 Å². The van der Waals surface area contributed by atoms with Crippen molar-refractivity contribution in [1.29, 1.82) is 0 Å². The number of rotatable bonds is 4. The van der Waals surface area contributed by atoms with Crippen LogP contribution in [0.25, 0.3) is 44.6 Å². The molecule has 1 unspecified atom stereocenters. The largest absolute Gasteiger partial charge is 0.335 e. The van der Waals surface area contributed by atoms with Gasteiger partial charge < -0.3 is 10.3 Å². The third-order valence-corrected chi connectivity index (χ3v) is 6.49. The van der Waals surface area contributed by atoms with Crippen molar-refractivity contribution in [2.45, 2.75) is 33.1 Å². The molecule has 1 aliphatic rings. The first kappa shape index (κ1) is 22.8. The van der Waals surface area contributed by atoms with Crippen LogP contribution in [-0.4, -0.2) is 42.3 Å². The highest BCUT2D eigenvalue weighted by Crippen LogP contribution is 2.33. The van der Waals surface area contributed by atoms with Gasteiger partial charge >= 0.3 is 0 Å². The molecule has 0 aliphatic carbocycles. The first-order chi connectivity index (χ1) is 17.9. The number of benzene rings is 1. The molecule has 0 fully saturated rings. The molecule has 9 nitrogen and oxygen atoms in total. The van der Waals surface area contributed by atoms with Crippen molar-refractivity contribution in [2.24, 2.45) is 10.4 Å². The minimum Gasteiger partial charge on any atom is -0.335 e. The van der Waals surface area contributed by atoms with E-state index < -0.39 is 5.41 Å². The van der Waals surface area contributed by atoms with E-state index in [-0.39, 0.29) is 11.8 Å². The zero-order chi connectivity index (χ0) is 25.6. The molecule has 1 amide bonds. The lowest BCUT2D eigenvalue weighted by atomic mass is 9.95. The number of fused-ring (bicyclic) bond motifs is 2. The van der Waals surface area contributed by atoms with E-state index in [0.29, 0.717) is 11.5 Å². The lowest BCUT2D eigenvalue weighted by Crippen LogP contribution is -2.27. The van der Waals surface area contributed by atoms with E-state index in [4.69, 9.17) is 4.98 Å². The maximum atomic E-state index is 12.4. The minimum absolute atomic E-state index is 0.0613. The number of pyridine rings is 2. The standard InChI is InChI=1S/C28H26N8O/c1-28(2,3)27(37)32-19-10-18(12-30-13-19)17-4-5-22-20(11-17)25(36-35-22)26-33-23-15-31-14-21(24(23)34-26)16-6-8-29-9-7-16/h4-6,8-16H,7H2,1-3H3,(H,32,37)(H,33,34)(H,35,36). The number of carbonyl (C=O) groups excluding carboxylic acids is 1. The number of amides is 1. The van der Waals surface area contributed by atoms with Gasteiger partial charge in [0.1, 0.15) is 5.69 Å². The molecule has 0 spiro atoms. The second-order valence-corrected chi connectivity index (χ2v) is 10.2. The van der Waals surface area contributed by atoms with Gasteiger partial charge in [0.2, 0.25) is 5.91 Å². The van der Waals surface area contributed by atoms with E-state index in [9.17, 15) is 4.79 Å². The number of aromatic nitrogens is 6. The van der Waals surface area contributed by atoms with E-state index in [1.54, 1.807) is 18.6 Å². The molecule has 0 saturated carbocycles. The predicted octanol–water partition coefficient (Wildman–Crippen LogP) is 5.62. The third kappa shape index (κ3) is 4.29. The summed E-state index contributed by atoms with van der Waals surface area (Å²) < 4.78 is 0. The summed E-state index contributed by atoms with van der Waals surface area (Å²) in [6, 6.07) is 7.99. The maximum Gasteiger partial charge on any atom is 0.229 e. The van der Waals surface area contributed by atoms with Crippen LogP contribution in [0.15, 0.2) is 66.3 Å². The summed E-state index contributed by atoms with van der Waals surface area (Å²) in [4.78, 5) is 33.7. The Morgan fingerprint density at radius 2 is 1.89 bits per heavy atom. The highest BCUT2D eigenvalue weighted by molar-refractivity contribution is 5.97. The number of nitrogens with one attached hydrogen (secondary N) is 3. The summed E-state index contributed by atoms with van der Waals surface area (Å²) >= 11 is 0. The van der Waals surface area contributed by atoms with Crippen LogP contribution in [0, 0.1) is 5.41 Å². The van der Waals surface area contributed by atoms with Gasteiger partial charge in [-0.15, -0.1) is 0 Å². The topological polar surface area (TPSA) is 125 Å². The summed E-state index contributed by atoms with van der Waals surface area (Å²) in [5, 5.41) is 11.6. The number of carbonyl (C=O) groups is 1. The SMILES string of the molecule is CC(C)(C)C(=O)Nc1cncc(-c2ccc3[nH]nc(-c4nc5c(C6C=CN=CC6)cncc5[nH]4)c3c2)c1. The fraction of sp³-hybridized carbons (Fsp3) is 0.214. The second-order valence-electron chi connectivity index (χ2n) is 10.2. The van der Waals surface area contributed by atoms with Crippen molar-refractivity contribution in [3.63, 3.8) is 0 Å². The van der Waals surface area contributed by atoms with Crippen molar-refractivity contribution in [3.8, 4) is 22.6 Å². The van der Waals surface area contributed by atoms with Crippen LogP contribution in [0.5, 0.6) is 0 Å². The normalized spacial score (nSPS) is 15.5. The molecule has 4 aromatic heterocycles. The fourth-order valence-electron chi connectivity index (χ4n) is 4.39. The van der Waals surface area contributed by atoms with Crippen LogP contribution >= 0.6 is 0 Å². The molecule has 0 bridgehead atoms. The summed E-state index contributed by atoms with van der Waals surface area (Å²) in [5.41, 5.74) is 6.44. The number of H-pyrrole nitrogens is 2. The Morgan fingerprint density at radius 1 is 1.03 bits per heavy atom. The van der Waals surface area contributed by atoms with E-state index in [0.717, 1.165) is 50.7 Å². The van der Waals surface area contributed by atoms with Crippen LogP contribution in [0.4, 0.5) is 5.69 Å². The maximum absolute atomic E-state index is 12.4. The van der Waals surface area contributed by atoms with Crippen LogP contribution in [0.3, 0.4) is 0 Å². The van der Waals surface area contributed by atoms with Gasteiger partial charge in [0.25, 0.3) is 0 Å². The van der Waals surface area contributed by atoms with Gasteiger partial charge in [-0.2, -0.15) is 5.10 Å². The minimum atomic E-state index is -0.497. The lowest BCUT2D eigenvalue weighted by Gasteiger charge is -2.17. The monoisotopic (exact) mass is 490 g/mol. The van der Waals surface area contributed by atoms with Crippen molar-refractivity contribution in [2.75, 3.05) is 5.32 Å². The molecular formula is C28H26N8O. The number of imidazole rings is 1. The Kier molecular flexibility index (Phi) is 5.40. The van der Waals surface area contributed by atoms with E-state index in [1.807, 2.05) is 57.6 Å². The quantitative estimate of drug-likeness (QED) is 0.302. The van der Waals surface area contributed by atoms with Crippen LogP contribution in [-0.2, 0) is 4.79 Å². The number of aliphatic imine (C=N–C) groups is 1. The van der Waals surface area contributed by atoms with Gasteiger partial charge in [-0.25, -0.2) is 4.98 Å². The highest BCUT2D eigenvalue weighted by atomic mass is 16.2. The van der Waals surface area contributed by atoms with E-state index in [2.05, 4.69) is 47.6 Å². The third-order valence-electron chi connectivity index (χ3n) is 6.49. The molecule has 184 valence electrons. The van der Waals surface area contributed by atoms with E-state index >= 15 is 0 Å². The first-order valence-electron chi connectivity index (χ1n) is 12.1. The molecular weight excluding hydrogens is 464 g/mol. The molecule has 3 N–H and O–H groups in total. The van der Waals surface area contributed by atoms with Gasteiger partial charge in [0, 0.05) is 52.7 Å². The average molecular weight is 491 g/mol. The van der Waals surface area contributed by atoms with Crippen LogP contribution in [0.2, 0.25) is 0 Å². The van der Waals surface area contributed by atoms with Gasteiger partial charge in [-0.05, 0) is 30.2 Å². The number of aromatic amines is 2. The van der Waals surface area contributed by atoms with Gasteiger partial charge in [0.15, 0.2) is 5.82 Å². The number of anilines is 1. The zero-order valence-corrected chi connectivity index (χ0v) is 20.8. The molecule has 1 aliphatic heterocycles. The predicted molar refractivity (Wildman–Crippen MR) is 145 cm³/mol. The number of hydrogen-bond donors (Lipinski definition) is 3. The average Bonchev–Trinajstić information content (AvgIpc) is 3.52. The highest BCUT2D eigenvalue weighted by Gasteiger charge is 2.22. The Morgan fingerprint density at radius 3 is 2.70 bits per heavy atom. The summed E-state index contributed by atoms with van der Waals surface area (Å²) in [6.45, 7) is 5.64. The molecule has 0 saturated heterocycles.